The van der Waals surface area contributed by atoms with Gasteiger partial charge in [0.05, 0.1) is 12.4 Å². The fraction of sp³-hybridized carbons (Fsp3) is 0.467. The van der Waals surface area contributed by atoms with Crippen LogP contribution in [0.4, 0.5) is 0 Å². The highest BCUT2D eigenvalue weighted by Crippen LogP contribution is 2.38. The first kappa shape index (κ1) is 16.4. The van der Waals surface area contributed by atoms with E-state index in [4.69, 9.17) is 27.9 Å². The lowest BCUT2D eigenvalue weighted by atomic mass is 9.89. The van der Waals surface area contributed by atoms with Gasteiger partial charge in [-0.25, -0.2) is 0 Å². The van der Waals surface area contributed by atoms with E-state index in [-0.39, 0.29) is 6.61 Å². The highest BCUT2D eigenvalue weighted by Gasteiger charge is 2.35. The van der Waals surface area contributed by atoms with Crippen molar-refractivity contribution in [1.82, 2.24) is 0 Å². The Morgan fingerprint density at radius 3 is 2.53 bits per heavy atom. The van der Waals surface area contributed by atoms with Crippen molar-refractivity contribution in [2.45, 2.75) is 38.7 Å². The smallest absolute Gasteiger partial charge is 0.158 e. The first-order valence-electron chi connectivity index (χ1n) is 6.42. The zero-order valence-corrected chi connectivity index (χ0v) is 12.9. The van der Waals surface area contributed by atoms with Crippen molar-refractivity contribution in [1.29, 1.82) is 0 Å². The Morgan fingerprint density at radius 2 is 2.05 bits per heavy atom. The molecule has 0 amide bonds. The Balaban J connectivity index is 3.24. The molecule has 2 nitrogen and oxygen atoms in total. The summed E-state index contributed by atoms with van der Waals surface area (Å²) in [5, 5.41) is 10.9. The second-order valence-corrected chi connectivity index (χ2v) is 5.36. The van der Waals surface area contributed by atoms with Gasteiger partial charge in [-0.2, -0.15) is 0 Å². The fourth-order valence-corrected chi connectivity index (χ4v) is 2.63. The molecule has 1 atom stereocenters. The Labute approximate surface area is 125 Å². The molecule has 1 rings (SSSR count). The molecule has 1 aromatic carbocycles. The number of aliphatic hydroxyl groups is 1. The maximum atomic E-state index is 9.84. The van der Waals surface area contributed by atoms with Gasteiger partial charge >= 0.3 is 0 Å². The van der Waals surface area contributed by atoms with Crippen LogP contribution in [-0.4, -0.2) is 11.7 Å². The molecule has 1 N–H and O–H groups in total. The van der Waals surface area contributed by atoms with Gasteiger partial charge in [-0.15, -0.1) is 0 Å². The number of aliphatic hydroxyl groups excluding tert-OH is 1. The Morgan fingerprint density at radius 1 is 1.37 bits per heavy atom. The summed E-state index contributed by atoms with van der Waals surface area (Å²) in [5.74, 6) is 0.633. The molecule has 0 fully saturated rings. The molecule has 0 bridgehead atoms. The number of allylic oxidation sites excluding steroid dienone is 1. The van der Waals surface area contributed by atoms with Gasteiger partial charge in [0.25, 0.3) is 0 Å². The van der Waals surface area contributed by atoms with Gasteiger partial charge in [-0.1, -0.05) is 56.1 Å². The number of benzene rings is 1. The molecule has 0 saturated carbocycles. The van der Waals surface area contributed by atoms with E-state index in [0.29, 0.717) is 28.6 Å². The molecular weight excluding hydrogens is 283 g/mol. The number of hydrogen-bond donors (Lipinski definition) is 1. The van der Waals surface area contributed by atoms with Crippen molar-refractivity contribution in [2.24, 2.45) is 0 Å². The minimum Gasteiger partial charge on any atom is -0.485 e. The first-order valence-corrected chi connectivity index (χ1v) is 7.17. The van der Waals surface area contributed by atoms with Crippen LogP contribution in [0, 0.1) is 0 Å². The Bertz CT molecular complexity index is 446. The number of ether oxygens (including phenoxy) is 1. The van der Waals surface area contributed by atoms with Gasteiger partial charge < -0.3 is 9.84 Å². The lowest BCUT2D eigenvalue weighted by Crippen LogP contribution is -2.34. The number of rotatable bonds is 7. The zero-order chi connectivity index (χ0) is 14.5. The number of halogens is 2. The summed E-state index contributed by atoms with van der Waals surface area (Å²) in [4.78, 5) is 0. The predicted molar refractivity (Wildman–Crippen MR) is 80.6 cm³/mol. The van der Waals surface area contributed by atoms with Crippen LogP contribution in [0.2, 0.25) is 10.0 Å². The van der Waals surface area contributed by atoms with Gasteiger partial charge in [-0.3, -0.25) is 0 Å². The molecule has 0 radical (unpaired) electrons. The summed E-state index contributed by atoms with van der Waals surface area (Å²) in [5.41, 5.74) is -0.0960. The van der Waals surface area contributed by atoms with E-state index in [1.165, 1.54) is 0 Å². The second-order valence-electron chi connectivity index (χ2n) is 4.52. The molecule has 4 heteroatoms. The standard InChI is InChI=1S/C15H20Cl2O2/c1-4-8-15(10-18,19-11(3)5-2)13-7-6-12(16)9-14(13)17/h6-7,9,18H,3-5,8,10H2,1-2H3. The van der Waals surface area contributed by atoms with E-state index in [1.807, 2.05) is 13.8 Å². The molecule has 0 heterocycles. The van der Waals surface area contributed by atoms with Crippen LogP contribution in [-0.2, 0) is 10.3 Å². The molecule has 106 valence electrons. The molecule has 1 unspecified atom stereocenters. The molecule has 0 aliphatic heterocycles. The van der Waals surface area contributed by atoms with Crippen LogP contribution in [0.15, 0.2) is 30.5 Å². The van der Waals surface area contributed by atoms with Crippen LogP contribution >= 0.6 is 23.2 Å². The van der Waals surface area contributed by atoms with Crippen molar-refractivity contribution in [3.8, 4) is 0 Å². The summed E-state index contributed by atoms with van der Waals surface area (Å²) in [6.07, 6.45) is 2.21. The van der Waals surface area contributed by atoms with Crippen molar-refractivity contribution >= 4 is 23.2 Å². The van der Waals surface area contributed by atoms with Crippen LogP contribution < -0.4 is 0 Å². The summed E-state index contributed by atoms with van der Waals surface area (Å²) >= 11 is 12.2. The SMILES string of the molecule is C=C(CC)OC(CO)(CCC)c1ccc(Cl)cc1Cl. The van der Waals surface area contributed by atoms with Crippen LogP contribution in [0.3, 0.4) is 0 Å². The summed E-state index contributed by atoms with van der Waals surface area (Å²) in [6.45, 7) is 7.70. The summed E-state index contributed by atoms with van der Waals surface area (Å²) in [6, 6.07) is 5.22. The van der Waals surface area contributed by atoms with Crippen LogP contribution in [0.5, 0.6) is 0 Å². The molecule has 0 spiro atoms. The van der Waals surface area contributed by atoms with Crippen molar-refractivity contribution in [3.05, 3.63) is 46.1 Å². The van der Waals surface area contributed by atoms with E-state index in [1.54, 1.807) is 18.2 Å². The third-order valence-electron chi connectivity index (χ3n) is 3.07. The average Bonchev–Trinajstić information content (AvgIpc) is 2.38. The average molecular weight is 303 g/mol. The van der Waals surface area contributed by atoms with Gasteiger partial charge in [0, 0.05) is 22.0 Å². The van der Waals surface area contributed by atoms with Crippen molar-refractivity contribution in [2.75, 3.05) is 6.61 Å². The molecule has 1 aromatic rings. The van der Waals surface area contributed by atoms with E-state index >= 15 is 0 Å². The third kappa shape index (κ3) is 3.88. The van der Waals surface area contributed by atoms with E-state index < -0.39 is 5.60 Å². The Hall–Kier alpha value is -0.700. The largest absolute Gasteiger partial charge is 0.485 e. The highest BCUT2D eigenvalue weighted by atomic mass is 35.5. The molecule has 19 heavy (non-hydrogen) atoms. The van der Waals surface area contributed by atoms with Gasteiger partial charge in [-0.05, 0) is 18.6 Å². The van der Waals surface area contributed by atoms with E-state index in [9.17, 15) is 5.11 Å². The minimum atomic E-state index is -0.844. The third-order valence-corrected chi connectivity index (χ3v) is 3.61. The first-order chi connectivity index (χ1) is 8.99. The highest BCUT2D eigenvalue weighted by molar-refractivity contribution is 6.35. The summed E-state index contributed by atoms with van der Waals surface area (Å²) in [7, 11) is 0. The monoisotopic (exact) mass is 302 g/mol. The Kier molecular flexibility index (Phi) is 6.18. The molecule has 0 aliphatic carbocycles. The van der Waals surface area contributed by atoms with Crippen molar-refractivity contribution < 1.29 is 9.84 Å². The topological polar surface area (TPSA) is 29.5 Å². The number of hydrogen-bond acceptors (Lipinski definition) is 2. The fourth-order valence-electron chi connectivity index (χ4n) is 2.05. The van der Waals surface area contributed by atoms with Gasteiger partial charge in [0.2, 0.25) is 0 Å². The lowest BCUT2D eigenvalue weighted by molar-refractivity contribution is -0.0560. The maximum absolute atomic E-state index is 9.84. The normalized spacial score (nSPS) is 13.9. The van der Waals surface area contributed by atoms with Crippen molar-refractivity contribution in [3.63, 3.8) is 0 Å². The second kappa shape index (κ2) is 7.18. The lowest BCUT2D eigenvalue weighted by Gasteiger charge is -2.34. The molecular formula is C15H20Cl2O2. The molecule has 0 aliphatic rings. The van der Waals surface area contributed by atoms with E-state index in [0.717, 1.165) is 12.0 Å². The van der Waals surface area contributed by atoms with Crippen LogP contribution in [0.1, 0.15) is 38.7 Å². The molecule has 0 aromatic heterocycles. The molecule has 0 saturated heterocycles. The summed E-state index contributed by atoms with van der Waals surface area (Å²) < 4.78 is 5.91. The van der Waals surface area contributed by atoms with Gasteiger partial charge in [0.1, 0.15) is 0 Å². The van der Waals surface area contributed by atoms with Gasteiger partial charge in [0.15, 0.2) is 5.60 Å². The quantitative estimate of drug-likeness (QED) is 0.724. The zero-order valence-electron chi connectivity index (χ0n) is 11.4. The van der Waals surface area contributed by atoms with Crippen LogP contribution in [0.25, 0.3) is 0 Å². The maximum Gasteiger partial charge on any atom is 0.158 e. The predicted octanol–water partition coefficient (Wildman–Crippen LogP) is 4.92. The van der Waals surface area contributed by atoms with E-state index in [2.05, 4.69) is 6.58 Å². The minimum absolute atomic E-state index is 0.152.